The minimum atomic E-state index is 0.0383. The molecule has 3 atom stereocenters. The Morgan fingerprint density at radius 2 is 2.11 bits per heavy atom. The summed E-state index contributed by atoms with van der Waals surface area (Å²) >= 11 is 5.69. The van der Waals surface area contributed by atoms with E-state index >= 15 is 0 Å². The normalized spacial score (nSPS) is 27.1. The fourth-order valence-corrected chi connectivity index (χ4v) is 3.62. The van der Waals surface area contributed by atoms with Gasteiger partial charge in [-0.05, 0) is 75.0 Å². The van der Waals surface area contributed by atoms with Gasteiger partial charge in [0.15, 0.2) is 0 Å². The van der Waals surface area contributed by atoms with Crippen molar-refractivity contribution in [1.82, 2.24) is 5.32 Å². The molecule has 1 aromatic rings. The van der Waals surface area contributed by atoms with E-state index in [1.807, 2.05) is 18.2 Å². The number of amides is 1. The van der Waals surface area contributed by atoms with Crippen LogP contribution in [0.1, 0.15) is 43.5 Å². The third kappa shape index (κ3) is 3.72. The lowest BCUT2D eigenvalue weighted by Gasteiger charge is -2.34. The van der Waals surface area contributed by atoms with Gasteiger partial charge in [-0.1, -0.05) is 26.7 Å². The van der Waals surface area contributed by atoms with Gasteiger partial charge in [0, 0.05) is 14.1 Å². The van der Waals surface area contributed by atoms with E-state index in [0.29, 0.717) is 17.9 Å². The number of carbonyl (C=O) groups is 1. The molecule has 0 aromatic heterocycles. The molecule has 1 amide bonds. The van der Waals surface area contributed by atoms with Crippen molar-refractivity contribution in [2.75, 3.05) is 0 Å². The van der Waals surface area contributed by atoms with Gasteiger partial charge in [-0.25, -0.2) is 0 Å². The third-order valence-electron chi connectivity index (χ3n) is 4.20. The second kappa shape index (κ2) is 6.57. The van der Waals surface area contributed by atoms with Crippen LogP contribution in [0.3, 0.4) is 0 Å². The molecule has 3 unspecified atom stereocenters. The first-order valence-corrected chi connectivity index (χ1v) is 8.62. The number of rotatable bonds is 2. The highest BCUT2D eigenvalue weighted by Gasteiger charge is 2.28. The van der Waals surface area contributed by atoms with E-state index in [-0.39, 0.29) is 5.91 Å². The number of hydrogen-bond donors (Lipinski definition) is 1. The minimum Gasteiger partial charge on any atom is -0.349 e. The van der Waals surface area contributed by atoms with Gasteiger partial charge in [-0.3, -0.25) is 4.79 Å². The molecule has 2 nitrogen and oxygen atoms in total. The van der Waals surface area contributed by atoms with Gasteiger partial charge in [0.25, 0.3) is 5.91 Å². The van der Waals surface area contributed by atoms with Crippen molar-refractivity contribution in [2.45, 2.75) is 39.2 Å². The molecule has 1 aliphatic rings. The number of hydrogen-bond acceptors (Lipinski definition) is 1. The van der Waals surface area contributed by atoms with Gasteiger partial charge >= 0.3 is 0 Å². The molecule has 1 aliphatic carbocycles. The SMILES string of the molecule is CC1CCCC(NC(=O)c2cc(I)ccc2Br)C1C. The molecule has 0 aliphatic heterocycles. The summed E-state index contributed by atoms with van der Waals surface area (Å²) in [7, 11) is 0. The number of halogens is 2. The molecule has 104 valence electrons. The Balaban J connectivity index is 2.10. The van der Waals surface area contributed by atoms with Crippen molar-refractivity contribution in [3.8, 4) is 0 Å². The molecule has 0 heterocycles. The predicted octanol–water partition coefficient (Wildman–Crippen LogP) is 4.61. The van der Waals surface area contributed by atoms with Crippen molar-refractivity contribution >= 4 is 44.4 Å². The van der Waals surface area contributed by atoms with Crippen molar-refractivity contribution in [2.24, 2.45) is 11.8 Å². The van der Waals surface area contributed by atoms with E-state index in [0.717, 1.165) is 20.0 Å². The smallest absolute Gasteiger partial charge is 0.252 e. The lowest BCUT2D eigenvalue weighted by atomic mass is 9.78. The highest BCUT2D eigenvalue weighted by atomic mass is 127. The van der Waals surface area contributed by atoms with Crippen LogP contribution in [0.15, 0.2) is 22.7 Å². The zero-order chi connectivity index (χ0) is 14.0. The van der Waals surface area contributed by atoms with Crippen LogP contribution in [0.25, 0.3) is 0 Å². The first-order chi connectivity index (χ1) is 8.99. The van der Waals surface area contributed by atoms with E-state index in [2.05, 4.69) is 57.7 Å². The van der Waals surface area contributed by atoms with Crippen LogP contribution in [-0.4, -0.2) is 11.9 Å². The summed E-state index contributed by atoms with van der Waals surface area (Å²) < 4.78 is 1.94. The molecular formula is C15H19BrINO. The second-order valence-electron chi connectivity index (χ2n) is 5.47. The standard InChI is InChI=1S/C15H19BrINO/c1-9-4-3-5-14(10(9)2)18-15(19)12-8-11(17)6-7-13(12)16/h6-10,14H,3-5H2,1-2H3,(H,18,19). The molecule has 0 saturated heterocycles. The van der Waals surface area contributed by atoms with E-state index in [9.17, 15) is 4.79 Å². The first-order valence-electron chi connectivity index (χ1n) is 6.75. The molecule has 1 fully saturated rings. The lowest BCUT2D eigenvalue weighted by Crippen LogP contribution is -2.43. The molecule has 1 N–H and O–H groups in total. The van der Waals surface area contributed by atoms with Crippen LogP contribution in [0, 0.1) is 15.4 Å². The van der Waals surface area contributed by atoms with E-state index in [4.69, 9.17) is 0 Å². The fourth-order valence-electron chi connectivity index (χ4n) is 2.70. The molecule has 2 rings (SSSR count). The van der Waals surface area contributed by atoms with Crippen molar-refractivity contribution < 1.29 is 4.79 Å². The predicted molar refractivity (Wildman–Crippen MR) is 90.3 cm³/mol. The molecule has 0 radical (unpaired) electrons. The van der Waals surface area contributed by atoms with Gasteiger partial charge in [0.2, 0.25) is 0 Å². The Morgan fingerprint density at radius 3 is 2.84 bits per heavy atom. The van der Waals surface area contributed by atoms with E-state index in [1.54, 1.807) is 0 Å². The maximum Gasteiger partial charge on any atom is 0.252 e. The summed E-state index contributed by atoms with van der Waals surface area (Å²) in [5, 5.41) is 3.21. The van der Waals surface area contributed by atoms with Crippen LogP contribution in [0.4, 0.5) is 0 Å². The molecular weight excluding hydrogens is 417 g/mol. The monoisotopic (exact) mass is 435 g/mol. The summed E-state index contributed by atoms with van der Waals surface area (Å²) in [6.45, 7) is 4.53. The summed E-state index contributed by atoms with van der Waals surface area (Å²) in [5.74, 6) is 1.29. The number of carbonyl (C=O) groups excluding carboxylic acids is 1. The highest BCUT2D eigenvalue weighted by Crippen LogP contribution is 2.30. The third-order valence-corrected chi connectivity index (χ3v) is 5.56. The van der Waals surface area contributed by atoms with Crippen molar-refractivity contribution in [3.63, 3.8) is 0 Å². The Labute approximate surface area is 137 Å². The summed E-state index contributed by atoms with van der Waals surface area (Å²) in [6.07, 6.45) is 3.59. The Morgan fingerprint density at radius 1 is 1.37 bits per heavy atom. The van der Waals surface area contributed by atoms with Gasteiger partial charge in [-0.15, -0.1) is 0 Å². The van der Waals surface area contributed by atoms with E-state index < -0.39 is 0 Å². The Hall–Kier alpha value is -0.100. The van der Waals surface area contributed by atoms with Crippen LogP contribution < -0.4 is 5.32 Å². The van der Waals surface area contributed by atoms with Crippen molar-refractivity contribution in [1.29, 1.82) is 0 Å². The maximum absolute atomic E-state index is 12.4. The molecule has 0 bridgehead atoms. The molecule has 1 aromatic carbocycles. The molecule has 4 heteroatoms. The zero-order valence-electron chi connectivity index (χ0n) is 11.2. The summed E-state index contributed by atoms with van der Waals surface area (Å²) in [6, 6.07) is 6.16. The number of nitrogens with one attached hydrogen (secondary N) is 1. The molecule has 1 saturated carbocycles. The van der Waals surface area contributed by atoms with Crippen LogP contribution in [0.5, 0.6) is 0 Å². The minimum absolute atomic E-state index is 0.0383. The van der Waals surface area contributed by atoms with Crippen molar-refractivity contribution in [3.05, 3.63) is 31.8 Å². The van der Waals surface area contributed by atoms with Gasteiger partial charge < -0.3 is 5.32 Å². The quantitative estimate of drug-likeness (QED) is 0.675. The maximum atomic E-state index is 12.4. The van der Waals surface area contributed by atoms with Gasteiger partial charge in [-0.2, -0.15) is 0 Å². The molecule has 19 heavy (non-hydrogen) atoms. The average Bonchev–Trinajstić information content (AvgIpc) is 2.38. The average molecular weight is 436 g/mol. The molecule has 0 spiro atoms. The lowest BCUT2D eigenvalue weighted by molar-refractivity contribution is 0.0890. The zero-order valence-corrected chi connectivity index (χ0v) is 15.0. The van der Waals surface area contributed by atoms with Gasteiger partial charge in [0.1, 0.15) is 0 Å². The van der Waals surface area contributed by atoms with Gasteiger partial charge in [0.05, 0.1) is 5.56 Å². The first kappa shape index (κ1) is 15.3. The van der Waals surface area contributed by atoms with E-state index in [1.165, 1.54) is 12.8 Å². The number of benzene rings is 1. The largest absolute Gasteiger partial charge is 0.349 e. The van der Waals surface area contributed by atoms with Crippen LogP contribution in [-0.2, 0) is 0 Å². The Bertz CT molecular complexity index is 477. The summed E-state index contributed by atoms with van der Waals surface area (Å²) in [5.41, 5.74) is 0.734. The van der Waals surface area contributed by atoms with Crippen LogP contribution >= 0.6 is 38.5 Å². The fraction of sp³-hybridized carbons (Fsp3) is 0.533. The summed E-state index contributed by atoms with van der Waals surface area (Å²) in [4.78, 5) is 12.4. The topological polar surface area (TPSA) is 29.1 Å². The second-order valence-corrected chi connectivity index (χ2v) is 7.57. The van der Waals surface area contributed by atoms with Crippen LogP contribution in [0.2, 0.25) is 0 Å². The Kier molecular flexibility index (Phi) is 5.29. The highest BCUT2D eigenvalue weighted by molar-refractivity contribution is 14.1.